The number of carbonyl (C=O) groups excluding carboxylic acids is 3. The lowest BCUT2D eigenvalue weighted by molar-refractivity contribution is 0.0534. The molecule has 3 heterocycles. The molecule has 1 saturated heterocycles. The van der Waals surface area contributed by atoms with Crippen LogP contribution >= 0.6 is 0 Å². The molecule has 0 saturated carbocycles. The van der Waals surface area contributed by atoms with Crippen molar-refractivity contribution in [1.29, 1.82) is 0 Å². The Morgan fingerprint density at radius 3 is 2.33 bits per heavy atom. The number of nitrogens with zero attached hydrogens (tertiary/aromatic N) is 3. The van der Waals surface area contributed by atoms with Gasteiger partial charge in [0, 0.05) is 56.3 Å². The summed E-state index contributed by atoms with van der Waals surface area (Å²) in [6, 6.07) is 4.86. The van der Waals surface area contributed by atoms with E-state index in [4.69, 9.17) is 0 Å². The number of rotatable bonds is 2. The first-order valence-corrected chi connectivity index (χ1v) is 10.0. The van der Waals surface area contributed by atoms with Gasteiger partial charge in [-0.2, -0.15) is 0 Å². The highest BCUT2D eigenvalue weighted by Crippen LogP contribution is 2.33. The number of nitrogens with one attached hydrogen (secondary N) is 1. The molecule has 1 aliphatic carbocycles. The third-order valence-electron chi connectivity index (χ3n) is 5.71. The van der Waals surface area contributed by atoms with Crippen LogP contribution in [0, 0.1) is 5.41 Å². The number of pyridine rings is 2. The van der Waals surface area contributed by atoms with Gasteiger partial charge in [0.1, 0.15) is 5.56 Å². The van der Waals surface area contributed by atoms with Crippen molar-refractivity contribution in [2.24, 2.45) is 5.41 Å². The first kappa shape index (κ1) is 20.0. The number of piperazine rings is 1. The van der Waals surface area contributed by atoms with Crippen molar-refractivity contribution in [3.05, 3.63) is 63.3 Å². The van der Waals surface area contributed by atoms with Gasteiger partial charge in [-0.05, 0) is 30.0 Å². The second-order valence-corrected chi connectivity index (χ2v) is 8.67. The SMILES string of the molecule is CC1(C)CC(=O)c2cc(C(=O)N3CCN(C(=O)c4cccnc4)CC3)c(=O)[nH]c2C1. The van der Waals surface area contributed by atoms with E-state index in [0.717, 1.165) is 0 Å². The molecule has 30 heavy (non-hydrogen) atoms. The molecule has 1 fully saturated rings. The second kappa shape index (κ2) is 7.51. The molecule has 0 unspecified atom stereocenters. The zero-order valence-electron chi connectivity index (χ0n) is 17.1. The van der Waals surface area contributed by atoms with Gasteiger partial charge in [-0.25, -0.2) is 0 Å². The van der Waals surface area contributed by atoms with E-state index in [2.05, 4.69) is 9.97 Å². The molecule has 2 aromatic heterocycles. The molecule has 1 aliphatic heterocycles. The van der Waals surface area contributed by atoms with Crippen molar-refractivity contribution in [2.45, 2.75) is 26.7 Å². The van der Waals surface area contributed by atoms with Gasteiger partial charge in [0.05, 0.1) is 5.56 Å². The first-order chi connectivity index (χ1) is 14.2. The van der Waals surface area contributed by atoms with Crippen molar-refractivity contribution in [1.82, 2.24) is 19.8 Å². The van der Waals surface area contributed by atoms with Crippen LogP contribution in [0.3, 0.4) is 0 Å². The summed E-state index contributed by atoms with van der Waals surface area (Å²) in [4.78, 5) is 60.5. The van der Waals surface area contributed by atoms with E-state index in [9.17, 15) is 19.2 Å². The molecule has 0 bridgehead atoms. The maximum Gasteiger partial charge on any atom is 0.261 e. The number of carbonyl (C=O) groups is 3. The molecule has 2 amide bonds. The minimum Gasteiger partial charge on any atom is -0.335 e. The van der Waals surface area contributed by atoms with Crippen molar-refractivity contribution >= 4 is 17.6 Å². The molecule has 2 aromatic rings. The van der Waals surface area contributed by atoms with Crippen molar-refractivity contribution in [3.63, 3.8) is 0 Å². The fourth-order valence-corrected chi connectivity index (χ4v) is 4.14. The van der Waals surface area contributed by atoms with Gasteiger partial charge in [-0.3, -0.25) is 24.2 Å². The monoisotopic (exact) mass is 408 g/mol. The Kier molecular flexibility index (Phi) is 5.01. The van der Waals surface area contributed by atoms with E-state index in [0.29, 0.717) is 55.8 Å². The summed E-state index contributed by atoms with van der Waals surface area (Å²) < 4.78 is 0. The van der Waals surface area contributed by atoms with Crippen LogP contribution < -0.4 is 5.56 Å². The van der Waals surface area contributed by atoms with Gasteiger partial charge in [-0.15, -0.1) is 0 Å². The van der Waals surface area contributed by atoms with Crippen LogP contribution in [0.2, 0.25) is 0 Å². The predicted octanol–water partition coefficient (Wildman–Crippen LogP) is 1.52. The molecule has 1 N–H and O–H groups in total. The highest BCUT2D eigenvalue weighted by Gasteiger charge is 2.34. The number of aromatic amines is 1. The number of aromatic nitrogens is 2. The average Bonchev–Trinajstić information content (AvgIpc) is 2.72. The molecule has 0 aromatic carbocycles. The Morgan fingerprint density at radius 2 is 1.70 bits per heavy atom. The fraction of sp³-hybridized carbons (Fsp3) is 0.409. The Hall–Kier alpha value is -3.29. The van der Waals surface area contributed by atoms with Crippen LogP contribution in [-0.2, 0) is 6.42 Å². The van der Waals surface area contributed by atoms with E-state index >= 15 is 0 Å². The first-order valence-electron chi connectivity index (χ1n) is 10.0. The average molecular weight is 408 g/mol. The number of hydrogen-bond acceptors (Lipinski definition) is 5. The zero-order chi connectivity index (χ0) is 21.5. The number of H-pyrrole nitrogens is 1. The van der Waals surface area contributed by atoms with E-state index in [1.165, 1.54) is 12.3 Å². The number of hydrogen-bond donors (Lipinski definition) is 1. The number of Topliss-reactive ketones (excluding diaryl/α,β-unsaturated/α-hetero) is 1. The summed E-state index contributed by atoms with van der Waals surface area (Å²) in [6.07, 6.45) is 4.10. The van der Waals surface area contributed by atoms with E-state index < -0.39 is 11.5 Å². The van der Waals surface area contributed by atoms with Crippen LogP contribution in [0.25, 0.3) is 0 Å². The standard InChI is InChI=1S/C22H24N4O4/c1-22(2)11-17-15(18(27)12-22)10-16(19(28)24-17)21(30)26-8-6-25(7-9-26)20(29)14-4-3-5-23-13-14/h3-5,10,13H,6-9,11-12H2,1-2H3,(H,24,28). The molecule has 0 radical (unpaired) electrons. The molecule has 0 atom stereocenters. The van der Waals surface area contributed by atoms with E-state index in [1.54, 1.807) is 28.1 Å². The summed E-state index contributed by atoms with van der Waals surface area (Å²) >= 11 is 0. The summed E-state index contributed by atoms with van der Waals surface area (Å²) in [7, 11) is 0. The van der Waals surface area contributed by atoms with Gasteiger partial charge in [0.2, 0.25) is 0 Å². The lowest BCUT2D eigenvalue weighted by Gasteiger charge is -2.35. The number of ketones is 1. The molecule has 2 aliphatic rings. The van der Waals surface area contributed by atoms with Crippen molar-refractivity contribution < 1.29 is 14.4 Å². The van der Waals surface area contributed by atoms with Crippen LogP contribution in [0.4, 0.5) is 0 Å². The van der Waals surface area contributed by atoms with Gasteiger partial charge < -0.3 is 14.8 Å². The Balaban J connectivity index is 1.49. The van der Waals surface area contributed by atoms with Gasteiger partial charge in [0.15, 0.2) is 5.78 Å². The van der Waals surface area contributed by atoms with Gasteiger partial charge >= 0.3 is 0 Å². The van der Waals surface area contributed by atoms with Crippen LogP contribution in [0.15, 0.2) is 35.4 Å². The fourth-order valence-electron chi connectivity index (χ4n) is 4.14. The van der Waals surface area contributed by atoms with Crippen LogP contribution in [-0.4, -0.2) is 63.5 Å². The predicted molar refractivity (Wildman–Crippen MR) is 110 cm³/mol. The number of fused-ring (bicyclic) bond motifs is 1. The van der Waals surface area contributed by atoms with E-state index in [1.807, 2.05) is 13.8 Å². The summed E-state index contributed by atoms with van der Waals surface area (Å²) in [5.74, 6) is -0.598. The molecule has 8 nitrogen and oxygen atoms in total. The molecular formula is C22H24N4O4. The molecule has 4 rings (SSSR count). The third kappa shape index (κ3) is 3.77. The number of amides is 2. The highest BCUT2D eigenvalue weighted by atomic mass is 16.2. The highest BCUT2D eigenvalue weighted by molar-refractivity contribution is 6.02. The lowest BCUT2D eigenvalue weighted by Crippen LogP contribution is -2.51. The molecule has 156 valence electrons. The minimum atomic E-state index is -0.474. The summed E-state index contributed by atoms with van der Waals surface area (Å²) in [6.45, 7) is 5.35. The topological polar surface area (TPSA) is 103 Å². The van der Waals surface area contributed by atoms with Crippen LogP contribution in [0.1, 0.15) is 57.0 Å². The Bertz CT molecular complexity index is 1070. The largest absolute Gasteiger partial charge is 0.335 e. The smallest absolute Gasteiger partial charge is 0.261 e. The van der Waals surface area contributed by atoms with Crippen molar-refractivity contribution in [3.8, 4) is 0 Å². The molecule has 0 spiro atoms. The zero-order valence-corrected chi connectivity index (χ0v) is 17.1. The lowest BCUT2D eigenvalue weighted by atomic mass is 9.75. The van der Waals surface area contributed by atoms with Crippen LogP contribution in [0.5, 0.6) is 0 Å². The Morgan fingerprint density at radius 1 is 1.03 bits per heavy atom. The third-order valence-corrected chi connectivity index (χ3v) is 5.71. The maximum absolute atomic E-state index is 13.0. The summed E-state index contributed by atoms with van der Waals surface area (Å²) in [5, 5.41) is 0. The normalized spacial score (nSPS) is 18.1. The molecule has 8 heteroatoms. The second-order valence-electron chi connectivity index (χ2n) is 8.67. The maximum atomic E-state index is 13.0. The molecular weight excluding hydrogens is 384 g/mol. The van der Waals surface area contributed by atoms with Gasteiger partial charge in [0.25, 0.3) is 17.4 Å². The van der Waals surface area contributed by atoms with Crippen molar-refractivity contribution in [2.75, 3.05) is 26.2 Å². The summed E-state index contributed by atoms with van der Waals surface area (Å²) in [5.41, 5.74) is 0.833. The Labute approximate surface area is 173 Å². The quantitative estimate of drug-likeness (QED) is 0.812. The minimum absolute atomic E-state index is 0.0196. The van der Waals surface area contributed by atoms with Gasteiger partial charge in [-0.1, -0.05) is 13.8 Å². The van der Waals surface area contributed by atoms with E-state index in [-0.39, 0.29) is 22.7 Å².